The van der Waals surface area contributed by atoms with Gasteiger partial charge in [-0.05, 0) is 30.0 Å². The van der Waals surface area contributed by atoms with Crippen LogP contribution in [0.3, 0.4) is 0 Å². The zero-order valence-electron chi connectivity index (χ0n) is 14.6. The molecule has 140 valence electrons. The summed E-state index contributed by atoms with van der Waals surface area (Å²) in [6, 6.07) is 8.09. The third-order valence-electron chi connectivity index (χ3n) is 3.67. The lowest BCUT2D eigenvalue weighted by Crippen LogP contribution is -2.39. The van der Waals surface area contributed by atoms with E-state index in [1.807, 2.05) is 19.2 Å². The van der Waals surface area contributed by atoms with Gasteiger partial charge in [-0.15, -0.1) is 35.3 Å². The maximum absolute atomic E-state index is 5.36. The van der Waals surface area contributed by atoms with E-state index < -0.39 is 0 Å². The molecule has 0 unspecified atom stereocenters. The number of thiophene rings is 1. The van der Waals surface area contributed by atoms with Gasteiger partial charge in [0.25, 0.3) is 0 Å². The number of nitrogens with one attached hydrogen (secondary N) is 2. The summed E-state index contributed by atoms with van der Waals surface area (Å²) in [6.07, 6.45) is 5.01. The Balaban J connectivity index is 0.00000243. The van der Waals surface area contributed by atoms with Crippen LogP contribution in [0.4, 0.5) is 0 Å². The number of aliphatic imine (C=N–C) groups is 1. The minimum atomic E-state index is 0. The molecule has 0 amide bonds. The second-order valence-electron chi connectivity index (χ2n) is 5.48. The first kappa shape index (κ1) is 20.4. The summed E-state index contributed by atoms with van der Waals surface area (Å²) in [7, 11) is 1.87. The molecule has 3 heterocycles. The summed E-state index contributed by atoms with van der Waals surface area (Å²) in [4.78, 5) is 10.2. The lowest BCUT2D eigenvalue weighted by Gasteiger charge is -2.12. The molecule has 0 saturated heterocycles. The highest BCUT2D eigenvalue weighted by Gasteiger charge is 2.03. The molecule has 0 fully saturated rings. The second-order valence-corrected chi connectivity index (χ2v) is 6.51. The van der Waals surface area contributed by atoms with Gasteiger partial charge in [-0.3, -0.25) is 4.68 Å². The molecule has 0 atom stereocenters. The van der Waals surface area contributed by atoms with E-state index in [2.05, 4.69) is 43.2 Å². The molecule has 0 aliphatic rings. The number of aryl methyl sites for hydroxylation is 1. The van der Waals surface area contributed by atoms with Crippen LogP contribution in [0.2, 0.25) is 0 Å². The minimum absolute atomic E-state index is 0. The van der Waals surface area contributed by atoms with Crippen molar-refractivity contribution in [2.45, 2.75) is 19.4 Å². The Morgan fingerprint density at radius 2 is 2.08 bits per heavy atom. The number of rotatable bonds is 8. The van der Waals surface area contributed by atoms with E-state index in [-0.39, 0.29) is 24.0 Å². The highest BCUT2D eigenvalue weighted by molar-refractivity contribution is 14.0. The van der Waals surface area contributed by atoms with E-state index in [0.29, 0.717) is 6.54 Å². The maximum atomic E-state index is 5.36. The summed E-state index contributed by atoms with van der Waals surface area (Å²) in [5, 5.41) is 12.9. The summed E-state index contributed by atoms with van der Waals surface area (Å²) < 4.78 is 7.09. The number of hydrogen-bond donors (Lipinski definition) is 2. The Bertz CT molecular complexity index is 727. The molecule has 3 rings (SSSR count). The number of aromatic nitrogens is 3. The van der Waals surface area contributed by atoms with E-state index >= 15 is 0 Å². The van der Waals surface area contributed by atoms with Crippen molar-refractivity contribution >= 4 is 41.3 Å². The molecule has 3 aromatic heterocycles. The van der Waals surface area contributed by atoms with E-state index in [4.69, 9.17) is 4.42 Å². The van der Waals surface area contributed by atoms with Gasteiger partial charge in [-0.25, -0.2) is 9.98 Å². The Morgan fingerprint density at radius 1 is 1.23 bits per heavy atom. The third kappa shape index (κ3) is 6.45. The lowest BCUT2D eigenvalue weighted by atomic mass is 10.3. The molecule has 0 aliphatic carbocycles. The van der Waals surface area contributed by atoms with E-state index in [1.165, 1.54) is 4.88 Å². The monoisotopic (exact) mass is 486 g/mol. The highest BCUT2D eigenvalue weighted by Crippen LogP contribution is 2.08. The zero-order chi connectivity index (χ0) is 17.3. The van der Waals surface area contributed by atoms with Gasteiger partial charge in [0.15, 0.2) is 5.96 Å². The number of furan rings is 1. The van der Waals surface area contributed by atoms with Crippen LogP contribution in [0.1, 0.15) is 16.5 Å². The van der Waals surface area contributed by atoms with Crippen LogP contribution in [0.25, 0.3) is 0 Å². The summed E-state index contributed by atoms with van der Waals surface area (Å²) in [5.74, 6) is 2.55. The van der Waals surface area contributed by atoms with Crippen LogP contribution < -0.4 is 10.6 Å². The van der Waals surface area contributed by atoms with Crippen molar-refractivity contribution in [2.24, 2.45) is 12.0 Å². The van der Waals surface area contributed by atoms with Gasteiger partial charge in [0, 0.05) is 31.4 Å². The van der Waals surface area contributed by atoms with Gasteiger partial charge in [-0.2, -0.15) is 5.10 Å². The van der Waals surface area contributed by atoms with E-state index in [1.54, 1.807) is 28.6 Å². The van der Waals surface area contributed by atoms with Crippen molar-refractivity contribution in [3.8, 4) is 0 Å². The standard InChI is InChI=1S/C17H22N6OS.HI/c1-23-16(21-13-22-23)12-20-17(18-8-6-14-4-2-10-24-14)19-9-7-15-5-3-11-25-15;/h2-5,10-11,13H,6-9,12H2,1H3,(H2,18,19,20);1H. The topological polar surface area (TPSA) is 80.3 Å². The molecule has 0 aliphatic heterocycles. The fraction of sp³-hybridized carbons (Fsp3) is 0.353. The first-order valence-corrected chi connectivity index (χ1v) is 9.09. The second kappa shape index (κ2) is 11.0. The first-order chi connectivity index (χ1) is 12.3. The molecule has 0 bridgehead atoms. The maximum Gasteiger partial charge on any atom is 0.191 e. The van der Waals surface area contributed by atoms with Crippen molar-refractivity contribution < 1.29 is 4.42 Å². The van der Waals surface area contributed by atoms with Crippen molar-refractivity contribution in [2.75, 3.05) is 13.1 Å². The quantitative estimate of drug-likeness (QED) is 0.291. The van der Waals surface area contributed by atoms with Crippen LogP contribution in [0.5, 0.6) is 0 Å². The van der Waals surface area contributed by atoms with Crippen LogP contribution in [-0.2, 0) is 26.4 Å². The molecule has 3 aromatic rings. The molecule has 7 nitrogen and oxygen atoms in total. The smallest absolute Gasteiger partial charge is 0.191 e. The van der Waals surface area contributed by atoms with Gasteiger partial charge in [-0.1, -0.05) is 6.07 Å². The first-order valence-electron chi connectivity index (χ1n) is 8.21. The van der Waals surface area contributed by atoms with Crippen molar-refractivity contribution in [1.29, 1.82) is 0 Å². The summed E-state index contributed by atoms with van der Waals surface area (Å²) in [6.45, 7) is 2.05. The zero-order valence-corrected chi connectivity index (χ0v) is 17.7. The highest BCUT2D eigenvalue weighted by atomic mass is 127. The largest absolute Gasteiger partial charge is 0.469 e. The molecule has 0 radical (unpaired) electrons. The SMILES string of the molecule is Cn1ncnc1CN=C(NCCc1ccco1)NCCc1cccs1.I. The molecule has 9 heteroatoms. The van der Waals surface area contributed by atoms with Gasteiger partial charge in [0.05, 0.1) is 6.26 Å². The molecule has 2 N–H and O–H groups in total. The van der Waals surface area contributed by atoms with Gasteiger partial charge >= 0.3 is 0 Å². The van der Waals surface area contributed by atoms with Crippen molar-refractivity contribution in [3.63, 3.8) is 0 Å². The average molecular weight is 486 g/mol. The number of halogens is 1. The minimum Gasteiger partial charge on any atom is -0.469 e. The van der Waals surface area contributed by atoms with E-state index in [9.17, 15) is 0 Å². The third-order valence-corrected chi connectivity index (χ3v) is 4.61. The fourth-order valence-corrected chi connectivity index (χ4v) is 3.01. The molecule has 26 heavy (non-hydrogen) atoms. The molecular weight excluding hydrogens is 463 g/mol. The Hall–Kier alpha value is -1.88. The fourth-order valence-electron chi connectivity index (χ4n) is 2.31. The summed E-state index contributed by atoms with van der Waals surface area (Å²) >= 11 is 1.77. The van der Waals surface area contributed by atoms with Gasteiger partial charge in [0.1, 0.15) is 24.5 Å². The van der Waals surface area contributed by atoms with Crippen LogP contribution in [0.15, 0.2) is 51.6 Å². The Morgan fingerprint density at radius 3 is 2.73 bits per heavy atom. The number of guanidine groups is 1. The van der Waals surface area contributed by atoms with Crippen LogP contribution >= 0.6 is 35.3 Å². The van der Waals surface area contributed by atoms with Crippen LogP contribution in [0, 0.1) is 0 Å². The normalized spacial score (nSPS) is 11.2. The molecular formula is C17H23IN6OS. The Kier molecular flexibility index (Phi) is 8.62. The number of nitrogens with zero attached hydrogens (tertiary/aromatic N) is 4. The number of hydrogen-bond acceptors (Lipinski definition) is 5. The Labute approximate surface area is 174 Å². The molecule has 0 saturated carbocycles. The predicted molar refractivity (Wildman–Crippen MR) is 114 cm³/mol. The lowest BCUT2D eigenvalue weighted by molar-refractivity contribution is 0.506. The summed E-state index contributed by atoms with van der Waals surface area (Å²) in [5.41, 5.74) is 0. The molecule has 0 spiro atoms. The predicted octanol–water partition coefficient (Wildman–Crippen LogP) is 2.61. The van der Waals surface area contributed by atoms with Gasteiger partial charge < -0.3 is 15.1 Å². The average Bonchev–Trinajstić information content (AvgIpc) is 3.35. The van der Waals surface area contributed by atoms with Crippen molar-refractivity contribution in [3.05, 3.63) is 58.7 Å². The van der Waals surface area contributed by atoms with E-state index in [0.717, 1.165) is 43.5 Å². The molecule has 0 aromatic carbocycles. The van der Waals surface area contributed by atoms with Crippen LogP contribution in [-0.4, -0.2) is 33.8 Å². The van der Waals surface area contributed by atoms with Gasteiger partial charge in [0.2, 0.25) is 0 Å². The van der Waals surface area contributed by atoms with Crippen molar-refractivity contribution in [1.82, 2.24) is 25.4 Å².